The Labute approximate surface area is 163 Å². The van der Waals surface area contributed by atoms with Crippen LogP contribution in [0.5, 0.6) is 11.5 Å². The summed E-state index contributed by atoms with van der Waals surface area (Å²) in [6.45, 7) is 1.94. The molecule has 1 aromatic carbocycles. The fourth-order valence-corrected chi connectivity index (χ4v) is 3.91. The van der Waals surface area contributed by atoms with Gasteiger partial charge in [-0.15, -0.1) is 0 Å². The zero-order chi connectivity index (χ0) is 20.0. The Kier molecular flexibility index (Phi) is 4.49. The van der Waals surface area contributed by atoms with Crippen LogP contribution in [0.15, 0.2) is 24.4 Å². The molecule has 2 aromatic rings. The molecule has 0 radical (unpaired) electrons. The van der Waals surface area contributed by atoms with Gasteiger partial charge in [0.05, 0.1) is 31.0 Å². The highest BCUT2D eigenvalue weighted by Gasteiger charge is 2.50. The predicted molar refractivity (Wildman–Crippen MR) is 102 cm³/mol. The highest BCUT2D eigenvalue weighted by molar-refractivity contribution is 5.99. The maximum atomic E-state index is 13.1. The van der Waals surface area contributed by atoms with E-state index in [9.17, 15) is 14.7 Å². The lowest BCUT2D eigenvalue weighted by Crippen LogP contribution is -2.34. The van der Waals surface area contributed by atoms with Gasteiger partial charge in [0.1, 0.15) is 11.5 Å². The van der Waals surface area contributed by atoms with Crippen LogP contribution in [0.4, 0.5) is 5.69 Å². The van der Waals surface area contributed by atoms with Gasteiger partial charge < -0.3 is 20.1 Å². The van der Waals surface area contributed by atoms with Gasteiger partial charge >= 0.3 is 0 Å². The number of methoxy groups -OCH3 is 1. The molecule has 2 atom stereocenters. The van der Waals surface area contributed by atoms with Gasteiger partial charge in [-0.05, 0) is 31.9 Å². The van der Waals surface area contributed by atoms with E-state index in [2.05, 4.69) is 10.4 Å². The SMILES string of the molecule is COc1ccc(O)c(NC(=O)[C@@H]2CC(=O)N(C3CC3)[C@H]2c2cnn(C)c2C)c1. The van der Waals surface area contributed by atoms with E-state index < -0.39 is 5.92 Å². The number of hydrogen-bond acceptors (Lipinski definition) is 5. The lowest BCUT2D eigenvalue weighted by Gasteiger charge is -2.28. The van der Waals surface area contributed by atoms with Crippen LogP contribution < -0.4 is 10.1 Å². The van der Waals surface area contributed by atoms with Gasteiger partial charge in [-0.1, -0.05) is 0 Å². The van der Waals surface area contributed by atoms with E-state index in [0.717, 1.165) is 24.1 Å². The Hall–Kier alpha value is -3.03. The number of benzene rings is 1. The molecule has 2 aliphatic rings. The molecule has 1 aromatic heterocycles. The van der Waals surface area contributed by atoms with Crippen molar-refractivity contribution in [3.63, 3.8) is 0 Å². The van der Waals surface area contributed by atoms with Gasteiger partial charge in [0.15, 0.2) is 0 Å². The number of nitrogens with zero attached hydrogens (tertiary/aromatic N) is 3. The van der Waals surface area contributed by atoms with Crippen molar-refractivity contribution in [1.29, 1.82) is 0 Å². The van der Waals surface area contributed by atoms with Gasteiger partial charge in [-0.3, -0.25) is 14.3 Å². The van der Waals surface area contributed by atoms with E-state index in [-0.39, 0.29) is 41.8 Å². The van der Waals surface area contributed by atoms with Crippen LogP contribution in [0.2, 0.25) is 0 Å². The van der Waals surface area contributed by atoms with Crippen molar-refractivity contribution in [1.82, 2.24) is 14.7 Å². The average molecular weight is 384 g/mol. The zero-order valence-electron chi connectivity index (χ0n) is 16.2. The number of nitrogens with one attached hydrogen (secondary N) is 1. The molecular weight excluding hydrogens is 360 g/mol. The Morgan fingerprint density at radius 3 is 2.71 bits per heavy atom. The number of aryl methyl sites for hydroxylation is 1. The van der Waals surface area contributed by atoms with E-state index >= 15 is 0 Å². The summed E-state index contributed by atoms with van der Waals surface area (Å²) in [6, 6.07) is 4.49. The third kappa shape index (κ3) is 3.08. The monoisotopic (exact) mass is 384 g/mol. The van der Waals surface area contributed by atoms with Crippen molar-refractivity contribution in [2.75, 3.05) is 12.4 Å². The van der Waals surface area contributed by atoms with Crippen LogP contribution >= 0.6 is 0 Å². The topological polar surface area (TPSA) is 96.7 Å². The largest absolute Gasteiger partial charge is 0.506 e. The van der Waals surface area contributed by atoms with E-state index in [1.165, 1.54) is 13.2 Å². The fourth-order valence-electron chi connectivity index (χ4n) is 3.91. The van der Waals surface area contributed by atoms with Crippen LogP contribution in [0, 0.1) is 12.8 Å². The van der Waals surface area contributed by atoms with Gasteiger partial charge in [0, 0.05) is 36.8 Å². The number of aromatic hydroxyl groups is 1. The summed E-state index contributed by atoms with van der Waals surface area (Å²) >= 11 is 0. The lowest BCUT2D eigenvalue weighted by atomic mass is 9.93. The second-order valence-corrected chi connectivity index (χ2v) is 7.47. The van der Waals surface area contributed by atoms with Crippen LogP contribution in [-0.4, -0.2) is 44.8 Å². The Morgan fingerprint density at radius 1 is 1.36 bits per heavy atom. The van der Waals surface area contributed by atoms with Gasteiger partial charge in [-0.25, -0.2) is 0 Å². The highest BCUT2D eigenvalue weighted by Crippen LogP contribution is 2.46. The predicted octanol–water partition coefficient (Wildman–Crippen LogP) is 2.13. The minimum atomic E-state index is -0.554. The van der Waals surface area contributed by atoms with Crippen molar-refractivity contribution < 1.29 is 19.4 Å². The molecule has 8 heteroatoms. The molecule has 8 nitrogen and oxygen atoms in total. The Balaban J connectivity index is 1.66. The summed E-state index contributed by atoms with van der Waals surface area (Å²) in [4.78, 5) is 27.7. The smallest absolute Gasteiger partial charge is 0.230 e. The zero-order valence-corrected chi connectivity index (χ0v) is 16.2. The molecule has 2 heterocycles. The van der Waals surface area contributed by atoms with E-state index in [0.29, 0.717) is 5.75 Å². The number of carbonyl (C=O) groups is 2. The first-order valence-electron chi connectivity index (χ1n) is 9.38. The number of amides is 2. The van der Waals surface area contributed by atoms with Crippen molar-refractivity contribution in [2.24, 2.45) is 13.0 Å². The maximum absolute atomic E-state index is 13.1. The molecule has 0 bridgehead atoms. The van der Waals surface area contributed by atoms with Crippen LogP contribution in [-0.2, 0) is 16.6 Å². The van der Waals surface area contributed by atoms with E-state index in [1.807, 2.05) is 18.9 Å². The molecule has 0 spiro atoms. The molecule has 4 rings (SSSR count). The molecule has 1 aliphatic carbocycles. The highest BCUT2D eigenvalue weighted by atomic mass is 16.5. The summed E-state index contributed by atoms with van der Waals surface area (Å²) in [5.74, 6) is -0.387. The quantitative estimate of drug-likeness (QED) is 0.770. The minimum absolute atomic E-state index is 0.00855. The standard InChI is InChI=1S/C20H24N4O4/c1-11-15(10-21-23(11)2)19-14(9-18(26)24(19)12-4-5-12)20(27)22-16-8-13(28-3)6-7-17(16)25/h6-8,10,12,14,19,25H,4-5,9H2,1-3H3,(H,22,27)/t14-,19-/m1/s1. The van der Waals surface area contributed by atoms with Crippen LogP contribution in [0.3, 0.4) is 0 Å². The molecule has 28 heavy (non-hydrogen) atoms. The molecule has 1 aliphatic heterocycles. The summed E-state index contributed by atoms with van der Waals surface area (Å²) in [5, 5.41) is 17.2. The maximum Gasteiger partial charge on any atom is 0.230 e. The van der Waals surface area contributed by atoms with E-state index in [4.69, 9.17) is 4.74 Å². The van der Waals surface area contributed by atoms with Crippen molar-refractivity contribution in [2.45, 2.75) is 38.3 Å². The number of rotatable bonds is 5. The number of phenolic OH excluding ortho intramolecular Hbond substituents is 1. The first-order valence-corrected chi connectivity index (χ1v) is 9.38. The fraction of sp³-hybridized carbons (Fsp3) is 0.450. The Bertz CT molecular complexity index is 934. The third-order valence-corrected chi connectivity index (χ3v) is 5.69. The number of carbonyl (C=O) groups excluding carboxylic acids is 2. The van der Waals surface area contributed by atoms with Crippen molar-refractivity contribution in [3.05, 3.63) is 35.7 Å². The number of aromatic nitrogens is 2. The summed E-state index contributed by atoms with van der Waals surface area (Å²) in [5.41, 5.74) is 2.10. The first kappa shape index (κ1) is 18.3. The molecule has 148 valence electrons. The second kappa shape index (κ2) is 6.85. The third-order valence-electron chi connectivity index (χ3n) is 5.69. The second-order valence-electron chi connectivity index (χ2n) is 7.47. The van der Waals surface area contributed by atoms with Crippen molar-refractivity contribution >= 4 is 17.5 Å². The summed E-state index contributed by atoms with van der Waals surface area (Å²) in [6.07, 6.45) is 3.82. The molecule has 2 N–H and O–H groups in total. The molecule has 2 amide bonds. The van der Waals surface area contributed by atoms with Crippen LogP contribution in [0.1, 0.15) is 36.6 Å². The number of likely N-dealkylation sites (tertiary alicyclic amines) is 1. The van der Waals surface area contributed by atoms with Crippen LogP contribution in [0.25, 0.3) is 0 Å². The number of anilines is 1. The van der Waals surface area contributed by atoms with Gasteiger partial charge in [0.2, 0.25) is 11.8 Å². The van der Waals surface area contributed by atoms with Gasteiger partial charge in [0.25, 0.3) is 0 Å². The van der Waals surface area contributed by atoms with E-state index in [1.54, 1.807) is 23.0 Å². The summed E-state index contributed by atoms with van der Waals surface area (Å²) in [7, 11) is 3.36. The molecule has 1 saturated carbocycles. The normalized spacial score (nSPS) is 21.8. The Morgan fingerprint density at radius 2 is 2.11 bits per heavy atom. The number of hydrogen-bond donors (Lipinski definition) is 2. The molecule has 0 unspecified atom stereocenters. The number of ether oxygens (including phenoxy) is 1. The molecule has 1 saturated heterocycles. The van der Waals surface area contributed by atoms with Gasteiger partial charge in [-0.2, -0.15) is 5.10 Å². The average Bonchev–Trinajstić information content (AvgIpc) is 3.38. The summed E-state index contributed by atoms with van der Waals surface area (Å²) < 4.78 is 6.92. The lowest BCUT2D eigenvalue weighted by molar-refractivity contribution is -0.129. The van der Waals surface area contributed by atoms with Crippen molar-refractivity contribution in [3.8, 4) is 11.5 Å². The number of phenols is 1. The minimum Gasteiger partial charge on any atom is -0.506 e. The molecular formula is C20H24N4O4. The molecule has 2 fully saturated rings. The first-order chi connectivity index (χ1) is 13.4.